The lowest BCUT2D eigenvalue weighted by molar-refractivity contribution is -0.131. The molecule has 2 nitrogen and oxygen atoms in total. The Kier molecular flexibility index (Phi) is 3.05. The molecule has 1 atom stereocenters. The maximum atomic E-state index is 10.9. The van der Waals surface area contributed by atoms with Crippen molar-refractivity contribution >= 4 is 11.5 Å². The lowest BCUT2D eigenvalue weighted by Crippen LogP contribution is -2.13. The summed E-state index contributed by atoms with van der Waals surface area (Å²) in [5.41, 5.74) is 5.92. The molecule has 2 rings (SSSR count). The van der Waals surface area contributed by atoms with Gasteiger partial charge in [-0.3, -0.25) is 0 Å². The number of fused-ring (bicyclic) bond motifs is 1. The van der Waals surface area contributed by atoms with Crippen molar-refractivity contribution in [2.24, 2.45) is 5.92 Å². The van der Waals surface area contributed by atoms with Crippen LogP contribution < -0.4 is 0 Å². The van der Waals surface area contributed by atoms with Crippen LogP contribution in [0.5, 0.6) is 0 Å². The van der Waals surface area contributed by atoms with E-state index in [9.17, 15) is 4.79 Å². The third-order valence-electron chi connectivity index (χ3n) is 3.57. The van der Waals surface area contributed by atoms with Gasteiger partial charge in [0.1, 0.15) is 0 Å². The Labute approximate surface area is 102 Å². The molecular weight excluding hydrogens is 212 g/mol. The molecule has 17 heavy (non-hydrogen) atoms. The molecule has 90 valence electrons. The van der Waals surface area contributed by atoms with Crippen molar-refractivity contribution in [3.63, 3.8) is 0 Å². The molecule has 0 fully saturated rings. The van der Waals surface area contributed by atoms with Crippen LogP contribution in [0.3, 0.4) is 0 Å². The third-order valence-corrected chi connectivity index (χ3v) is 3.57. The van der Waals surface area contributed by atoms with Crippen molar-refractivity contribution < 1.29 is 9.90 Å². The molecule has 2 heteroatoms. The second-order valence-electron chi connectivity index (χ2n) is 4.99. The van der Waals surface area contributed by atoms with Crippen LogP contribution in [0, 0.1) is 19.8 Å². The van der Waals surface area contributed by atoms with Crippen molar-refractivity contribution in [3.05, 3.63) is 40.5 Å². The summed E-state index contributed by atoms with van der Waals surface area (Å²) in [5, 5.41) is 8.97. The number of hydrogen-bond acceptors (Lipinski definition) is 1. The Morgan fingerprint density at radius 2 is 2.12 bits per heavy atom. The van der Waals surface area contributed by atoms with Crippen LogP contribution in [0.15, 0.2) is 18.2 Å². The van der Waals surface area contributed by atoms with E-state index in [4.69, 9.17) is 5.11 Å². The quantitative estimate of drug-likeness (QED) is 0.751. The molecule has 0 saturated heterocycles. The summed E-state index contributed by atoms with van der Waals surface area (Å²) in [5.74, 6) is -0.515. The Balaban J connectivity index is 2.62. The summed E-state index contributed by atoms with van der Waals surface area (Å²) in [6, 6.07) is 4.29. The highest BCUT2D eigenvalue weighted by molar-refractivity contribution is 5.91. The number of aliphatic carboxylic acids is 1. The molecule has 0 bridgehead atoms. The van der Waals surface area contributed by atoms with E-state index in [0.717, 1.165) is 24.0 Å². The average molecular weight is 230 g/mol. The molecule has 0 aromatic heterocycles. The molecule has 1 aromatic rings. The van der Waals surface area contributed by atoms with E-state index in [1.54, 1.807) is 0 Å². The maximum absolute atomic E-state index is 10.9. The summed E-state index contributed by atoms with van der Waals surface area (Å²) in [7, 11) is 0. The van der Waals surface area contributed by atoms with Crippen LogP contribution in [0.2, 0.25) is 0 Å². The first-order chi connectivity index (χ1) is 7.99. The fourth-order valence-corrected chi connectivity index (χ4v) is 2.72. The van der Waals surface area contributed by atoms with Gasteiger partial charge in [0, 0.05) is 6.08 Å². The zero-order valence-electron chi connectivity index (χ0n) is 10.6. The minimum Gasteiger partial charge on any atom is -0.478 e. The topological polar surface area (TPSA) is 37.3 Å². The van der Waals surface area contributed by atoms with E-state index >= 15 is 0 Å². The average Bonchev–Trinajstić information content (AvgIpc) is 2.21. The zero-order valence-corrected chi connectivity index (χ0v) is 10.6. The van der Waals surface area contributed by atoms with E-state index < -0.39 is 5.97 Å². The molecule has 0 spiro atoms. The number of benzene rings is 1. The van der Waals surface area contributed by atoms with Gasteiger partial charge in [-0.2, -0.15) is 0 Å². The predicted molar refractivity (Wildman–Crippen MR) is 69.0 cm³/mol. The zero-order chi connectivity index (χ0) is 12.6. The molecule has 1 unspecified atom stereocenters. The smallest absolute Gasteiger partial charge is 0.328 e. The third kappa shape index (κ3) is 2.26. The first-order valence-corrected chi connectivity index (χ1v) is 6.04. The normalized spacial score (nSPS) is 21.4. The van der Waals surface area contributed by atoms with Crippen molar-refractivity contribution in [1.29, 1.82) is 0 Å². The van der Waals surface area contributed by atoms with Crippen molar-refractivity contribution in [2.45, 2.75) is 33.6 Å². The number of aryl methyl sites for hydroxylation is 2. The van der Waals surface area contributed by atoms with Gasteiger partial charge in [-0.15, -0.1) is 0 Å². The van der Waals surface area contributed by atoms with Gasteiger partial charge in [0.05, 0.1) is 0 Å². The first-order valence-electron chi connectivity index (χ1n) is 6.04. The highest BCUT2D eigenvalue weighted by Crippen LogP contribution is 2.37. The number of allylic oxidation sites excluding steroid dienone is 1. The van der Waals surface area contributed by atoms with Crippen LogP contribution in [0.4, 0.5) is 0 Å². The largest absolute Gasteiger partial charge is 0.478 e. The number of carbonyl (C=O) groups is 1. The molecule has 0 saturated carbocycles. The molecule has 0 heterocycles. The Morgan fingerprint density at radius 3 is 2.76 bits per heavy atom. The van der Waals surface area contributed by atoms with Crippen LogP contribution in [-0.4, -0.2) is 11.1 Å². The van der Waals surface area contributed by atoms with Gasteiger partial charge in [-0.1, -0.05) is 24.6 Å². The van der Waals surface area contributed by atoms with Crippen LogP contribution in [0.25, 0.3) is 5.57 Å². The summed E-state index contributed by atoms with van der Waals surface area (Å²) in [6.45, 7) is 6.28. The van der Waals surface area contributed by atoms with E-state index in [1.807, 2.05) is 0 Å². The summed E-state index contributed by atoms with van der Waals surface area (Å²) >= 11 is 0. The monoisotopic (exact) mass is 230 g/mol. The van der Waals surface area contributed by atoms with E-state index in [-0.39, 0.29) is 0 Å². The van der Waals surface area contributed by atoms with Crippen LogP contribution in [0.1, 0.15) is 35.6 Å². The summed E-state index contributed by atoms with van der Waals surface area (Å²) in [6.07, 6.45) is 3.47. The Bertz CT molecular complexity index is 498. The minimum absolute atomic E-state index is 0.333. The van der Waals surface area contributed by atoms with E-state index in [0.29, 0.717) is 5.92 Å². The lowest BCUT2D eigenvalue weighted by atomic mass is 9.78. The highest BCUT2D eigenvalue weighted by atomic mass is 16.4. The standard InChI is InChI=1S/C15H18O2/c1-9-6-11(3)12-5-4-10(2)13(8-15(16)17)14(12)7-9/h6-8,10H,4-5H2,1-3H3,(H,16,17)/b13-8+. The molecular formula is C15H18O2. The number of hydrogen-bond donors (Lipinski definition) is 1. The van der Waals surface area contributed by atoms with Gasteiger partial charge in [-0.25, -0.2) is 4.79 Å². The fourth-order valence-electron chi connectivity index (χ4n) is 2.72. The van der Waals surface area contributed by atoms with E-state index in [1.165, 1.54) is 22.8 Å². The van der Waals surface area contributed by atoms with Gasteiger partial charge in [-0.05, 0) is 54.9 Å². The summed E-state index contributed by atoms with van der Waals surface area (Å²) in [4.78, 5) is 10.9. The Hall–Kier alpha value is -1.57. The molecule has 0 amide bonds. The van der Waals surface area contributed by atoms with Gasteiger partial charge in [0.25, 0.3) is 0 Å². The number of rotatable bonds is 1. The number of carboxylic acids is 1. The van der Waals surface area contributed by atoms with Crippen molar-refractivity contribution in [3.8, 4) is 0 Å². The lowest BCUT2D eigenvalue weighted by Gasteiger charge is -2.26. The van der Waals surface area contributed by atoms with Gasteiger partial charge in [0.2, 0.25) is 0 Å². The SMILES string of the molecule is Cc1cc(C)c2c(c1)/C(=C/C(=O)O)C(C)CC2. The molecule has 1 aliphatic carbocycles. The Morgan fingerprint density at radius 1 is 1.41 bits per heavy atom. The minimum atomic E-state index is -0.848. The molecule has 0 aliphatic heterocycles. The highest BCUT2D eigenvalue weighted by Gasteiger charge is 2.22. The fraction of sp³-hybridized carbons (Fsp3) is 0.400. The van der Waals surface area contributed by atoms with Crippen LogP contribution >= 0.6 is 0 Å². The molecule has 0 radical (unpaired) electrons. The second kappa shape index (κ2) is 4.36. The van der Waals surface area contributed by atoms with Crippen molar-refractivity contribution in [1.82, 2.24) is 0 Å². The van der Waals surface area contributed by atoms with Gasteiger partial charge < -0.3 is 5.11 Å². The second-order valence-corrected chi connectivity index (χ2v) is 4.99. The summed E-state index contributed by atoms with van der Waals surface area (Å²) < 4.78 is 0. The molecule has 1 aromatic carbocycles. The van der Waals surface area contributed by atoms with Crippen LogP contribution in [-0.2, 0) is 11.2 Å². The predicted octanol–water partition coefficient (Wildman–Crippen LogP) is 3.35. The first kappa shape index (κ1) is 11.9. The van der Waals surface area contributed by atoms with Gasteiger partial charge >= 0.3 is 5.97 Å². The molecule has 1 aliphatic rings. The van der Waals surface area contributed by atoms with E-state index in [2.05, 4.69) is 32.9 Å². The van der Waals surface area contributed by atoms with Gasteiger partial charge in [0.15, 0.2) is 0 Å². The number of carboxylic acid groups (broad SMARTS) is 1. The maximum Gasteiger partial charge on any atom is 0.328 e. The van der Waals surface area contributed by atoms with Crippen molar-refractivity contribution in [2.75, 3.05) is 0 Å². The molecule has 1 N–H and O–H groups in total.